The van der Waals surface area contributed by atoms with E-state index in [1.165, 1.54) is 0 Å². The third-order valence-corrected chi connectivity index (χ3v) is 2.62. The van der Waals surface area contributed by atoms with Gasteiger partial charge in [0.1, 0.15) is 0 Å². The number of nitrogens with two attached hydrogens (primary N) is 1. The molecule has 0 aliphatic heterocycles. The second kappa shape index (κ2) is 5.12. The average molecular weight is 224 g/mol. The largest absolute Gasteiger partial charge is 0.352 e. The fourth-order valence-corrected chi connectivity index (χ4v) is 1.60. The van der Waals surface area contributed by atoms with Gasteiger partial charge in [0, 0.05) is 25.3 Å². The van der Waals surface area contributed by atoms with Crippen LogP contribution in [-0.2, 0) is 7.05 Å². The van der Waals surface area contributed by atoms with Crippen molar-refractivity contribution < 1.29 is 4.79 Å². The Balaban J connectivity index is 2.66. The van der Waals surface area contributed by atoms with Gasteiger partial charge in [-0.15, -0.1) is 0 Å². The Morgan fingerprint density at radius 3 is 2.62 bits per heavy atom. The first kappa shape index (κ1) is 12.7. The van der Waals surface area contributed by atoms with Gasteiger partial charge in [0.25, 0.3) is 5.91 Å². The molecule has 0 fully saturated rings. The zero-order chi connectivity index (χ0) is 12.3. The molecule has 1 amide bonds. The first-order valence-electron chi connectivity index (χ1n) is 5.47. The second-order valence-electron chi connectivity index (χ2n) is 4.19. The maximum atomic E-state index is 11.9. The first-order chi connectivity index (χ1) is 7.43. The molecular weight excluding hydrogens is 204 g/mol. The van der Waals surface area contributed by atoms with E-state index in [0.29, 0.717) is 12.1 Å². The van der Waals surface area contributed by atoms with Crippen molar-refractivity contribution in [3.05, 3.63) is 17.0 Å². The summed E-state index contributed by atoms with van der Waals surface area (Å²) in [6.45, 7) is 6.25. The van der Waals surface area contributed by atoms with Crippen LogP contribution in [0.4, 0.5) is 0 Å². The molecule has 5 heteroatoms. The van der Waals surface area contributed by atoms with Crippen molar-refractivity contribution in [2.75, 3.05) is 6.54 Å². The molecule has 0 aliphatic carbocycles. The molecule has 0 saturated heterocycles. The van der Waals surface area contributed by atoms with Crippen molar-refractivity contribution in [1.82, 2.24) is 15.1 Å². The van der Waals surface area contributed by atoms with E-state index >= 15 is 0 Å². The molecule has 1 aromatic rings. The van der Waals surface area contributed by atoms with Crippen molar-refractivity contribution in [3.63, 3.8) is 0 Å². The van der Waals surface area contributed by atoms with Crippen LogP contribution in [0.15, 0.2) is 0 Å². The van der Waals surface area contributed by atoms with Gasteiger partial charge in [-0.25, -0.2) is 0 Å². The fourth-order valence-electron chi connectivity index (χ4n) is 1.60. The van der Waals surface area contributed by atoms with Crippen LogP contribution < -0.4 is 11.1 Å². The quantitative estimate of drug-likeness (QED) is 0.782. The Kier molecular flexibility index (Phi) is 4.06. The molecular formula is C11H20N4O. The summed E-state index contributed by atoms with van der Waals surface area (Å²) < 4.78 is 1.72. The highest BCUT2D eigenvalue weighted by molar-refractivity contribution is 5.96. The van der Waals surface area contributed by atoms with E-state index in [1.807, 2.05) is 27.8 Å². The highest BCUT2D eigenvalue weighted by Gasteiger charge is 2.16. The molecule has 1 aromatic heterocycles. The Labute approximate surface area is 96.0 Å². The molecule has 0 saturated carbocycles. The van der Waals surface area contributed by atoms with Crippen LogP contribution in [0.1, 0.15) is 35.1 Å². The van der Waals surface area contributed by atoms with Crippen LogP contribution in [0.5, 0.6) is 0 Å². The molecule has 0 spiro atoms. The summed E-state index contributed by atoms with van der Waals surface area (Å²) in [5.74, 6) is -0.0660. The summed E-state index contributed by atoms with van der Waals surface area (Å²) in [6, 6.07) is 0.108. The molecule has 90 valence electrons. The van der Waals surface area contributed by atoms with E-state index in [2.05, 4.69) is 10.4 Å². The second-order valence-corrected chi connectivity index (χ2v) is 4.19. The van der Waals surface area contributed by atoms with E-state index < -0.39 is 0 Å². The number of aryl methyl sites for hydroxylation is 2. The molecule has 5 nitrogen and oxygen atoms in total. The van der Waals surface area contributed by atoms with Crippen LogP contribution in [-0.4, -0.2) is 28.3 Å². The third kappa shape index (κ3) is 2.82. The zero-order valence-electron chi connectivity index (χ0n) is 10.4. The molecule has 0 aliphatic rings. The third-order valence-electron chi connectivity index (χ3n) is 2.62. The monoisotopic (exact) mass is 224 g/mol. The molecule has 1 atom stereocenters. The number of hydrogen-bond acceptors (Lipinski definition) is 3. The van der Waals surface area contributed by atoms with Gasteiger partial charge in [-0.05, 0) is 27.2 Å². The smallest absolute Gasteiger partial charge is 0.255 e. The summed E-state index contributed by atoms with van der Waals surface area (Å²) in [6.07, 6.45) is 0.782. The lowest BCUT2D eigenvalue weighted by molar-refractivity contribution is 0.0951. The normalized spacial score (nSPS) is 12.6. The lowest BCUT2D eigenvalue weighted by atomic mass is 10.2. The molecule has 16 heavy (non-hydrogen) atoms. The van der Waals surface area contributed by atoms with Crippen LogP contribution in [0.2, 0.25) is 0 Å². The summed E-state index contributed by atoms with van der Waals surface area (Å²) >= 11 is 0. The van der Waals surface area contributed by atoms with Gasteiger partial charge in [0.2, 0.25) is 0 Å². The van der Waals surface area contributed by atoms with E-state index in [9.17, 15) is 4.79 Å². The Morgan fingerprint density at radius 1 is 1.56 bits per heavy atom. The van der Waals surface area contributed by atoms with E-state index in [1.54, 1.807) is 4.68 Å². The summed E-state index contributed by atoms with van der Waals surface area (Å²) in [5, 5.41) is 7.06. The van der Waals surface area contributed by atoms with Crippen molar-refractivity contribution >= 4 is 5.91 Å². The van der Waals surface area contributed by atoms with Crippen LogP contribution in [0.25, 0.3) is 0 Å². The van der Waals surface area contributed by atoms with E-state index in [4.69, 9.17) is 5.73 Å². The minimum atomic E-state index is -0.0660. The van der Waals surface area contributed by atoms with E-state index in [0.717, 1.165) is 17.8 Å². The molecule has 0 aromatic carbocycles. The van der Waals surface area contributed by atoms with Gasteiger partial charge in [0.05, 0.1) is 11.3 Å². The van der Waals surface area contributed by atoms with Gasteiger partial charge >= 0.3 is 0 Å². The van der Waals surface area contributed by atoms with Gasteiger partial charge in [-0.2, -0.15) is 5.10 Å². The average Bonchev–Trinajstić information content (AvgIpc) is 2.40. The van der Waals surface area contributed by atoms with Gasteiger partial charge in [-0.3, -0.25) is 9.48 Å². The fraction of sp³-hybridized carbons (Fsp3) is 0.636. The number of amides is 1. The Hall–Kier alpha value is -1.36. The highest BCUT2D eigenvalue weighted by Crippen LogP contribution is 2.11. The first-order valence-corrected chi connectivity index (χ1v) is 5.47. The minimum absolute atomic E-state index is 0.0660. The molecule has 0 radical (unpaired) electrons. The van der Waals surface area contributed by atoms with Crippen molar-refractivity contribution in [2.45, 2.75) is 33.2 Å². The number of hydrogen-bond donors (Lipinski definition) is 2. The van der Waals surface area contributed by atoms with Crippen molar-refractivity contribution in [3.8, 4) is 0 Å². The minimum Gasteiger partial charge on any atom is -0.352 e. The number of nitrogens with zero attached hydrogens (tertiary/aromatic N) is 2. The zero-order valence-corrected chi connectivity index (χ0v) is 10.4. The number of carbonyl (C=O) groups excluding carboxylic acids is 1. The topological polar surface area (TPSA) is 72.9 Å². The predicted molar refractivity (Wildman–Crippen MR) is 63.3 cm³/mol. The summed E-state index contributed by atoms with van der Waals surface area (Å²) in [5.41, 5.74) is 7.93. The van der Waals surface area contributed by atoms with Gasteiger partial charge in [0.15, 0.2) is 0 Å². The van der Waals surface area contributed by atoms with Crippen LogP contribution in [0, 0.1) is 13.8 Å². The van der Waals surface area contributed by atoms with Crippen molar-refractivity contribution in [2.24, 2.45) is 12.8 Å². The lowest BCUT2D eigenvalue weighted by Gasteiger charge is -2.07. The van der Waals surface area contributed by atoms with Gasteiger partial charge in [-0.1, -0.05) is 0 Å². The number of rotatable bonds is 4. The van der Waals surface area contributed by atoms with Gasteiger partial charge < -0.3 is 11.1 Å². The molecule has 0 bridgehead atoms. The number of nitrogens with one attached hydrogen (secondary N) is 1. The summed E-state index contributed by atoms with van der Waals surface area (Å²) in [7, 11) is 1.83. The SMILES string of the molecule is Cc1nn(C)c(C)c1C(=O)NCCC(C)N. The van der Waals surface area contributed by atoms with Crippen LogP contribution in [0.3, 0.4) is 0 Å². The Morgan fingerprint density at radius 2 is 2.19 bits per heavy atom. The standard InChI is InChI=1S/C11H20N4O/c1-7(12)5-6-13-11(16)10-8(2)14-15(4)9(10)3/h7H,5-6,12H2,1-4H3,(H,13,16). The maximum absolute atomic E-state index is 11.9. The maximum Gasteiger partial charge on any atom is 0.255 e. The summed E-state index contributed by atoms with van der Waals surface area (Å²) in [4.78, 5) is 11.9. The Bertz CT molecular complexity index is 382. The molecule has 1 heterocycles. The van der Waals surface area contributed by atoms with Crippen molar-refractivity contribution in [1.29, 1.82) is 0 Å². The molecule has 1 unspecified atom stereocenters. The predicted octanol–water partition coefficient (Wildman–Crippen LogP) is 0.504. The molecule has 3 N–H and O–H groups in total. The van der Waals surface area contributed by atoms with E-state index in [-0.39, 0.29) is 11.9 Å². The molecule has 1 rings (SSSR count). The number of aromatic nitrogens is 2. The highest BCUT2D eigenvalue weighted by atomic mass is 16.1. The lowest BCUT2D eigenvalue weighted by Crippen LogP contribution is -2.29. The van der Waals surface area contributed by atoms with Crippen LogP contribution >= 0.6 is 0 Å². The number of carbonyl (C=O) groups is 1.